The van der Waals surface area contributed by atoms with Crippen molar-refractivity contribution in [3.63, 3.8) is 0 Å². The van der Waals surface area contributed by atoms with Crippen LogP contribution in [0.2, 0.25) is 0 Å². The molecule has 138 valence electrons. The second-order valence-electron chi connectivity index (χ2n) is 5.44. The van der Waals surface area contributed by atoms with Crippen LogP contribution in [0.25, 0.3) is 0 Å². The Kier molecular flexibility index (Phi) is 6.09. The smallest absolute Gasteiger partial charge is 0.269 e. The third-order valence-electron chi connectivity index (χ3n) is 3.44. The Hall–Kier alpha value is -2.85. The molecule has 1 amide bonds. The Morgan fingerprint density at radius 3 is 2.44 bits per heavy atom. The van der Waals surface area contributed by atoms with Crippen molar-refractivity contribution in [1.29, 1.82) is 0 Å². The lowest BCUT2D eigenvalue weighted by Crippen LogP contribution is -2.14. The zero-order valence-corrected chi connectivity index (χ0v) is 15.4. The fourth-order valence-corrected chi connectivity index (χ4v) is 3.85. The molecule has 0 bridgehead atoms. The van der Waals surface area contributed by atoms with Gasteiger partial charge in [0.15, 0.2) is 4.34 Å². The van der Waals surface area contributed by atoms with Crippen molar-refractivity contribution in [3.05, 3.63) is 75.6 Å². The zero-order valence-electron chi connectivity index (χ0n) is 13.8. The molecule has 7 nitrogen and oxygen atoms in total. The minimum Gasteiger partial charge on any atom is -0.300 e. The molecule has 0 fully saturated rings. The van der Waals surface area contributed by atoms with Gasteiger partial charge in [-0.15, -0.1) is 10.2 Å². The first kappa shape index (κ1) is 18.9. The molecule has 3 aromatic rings. The molecule has 1 N–H and O–H groups in total. The summed E-state index contributed by atoms with van der Waals surface area (Å²) in [6.07, 6.45) is 0.0790. The lowest BCUT2D eigenvalue weighted by molar-refractivity contribution is -0.384. The largest absolute Gasteiger partial charge is 0.300 e. The number of carbonyl (C=O) groups excluding carboxylic acids is 1. The average Bonchev–Trinajstić information content (AvgIpc) is 3.09. The number of halogens is 1. The molecule has 10 heteroatoms. The molecule has 0 spiro atoms. The van der Waals surface area contributed by atoms with E-state index >= 15 is 0 Å². The topological polar surface area (TPSA) is 98.0 Å². The minimum absolute atomic E-state index is 0.0221. The molecule has 0 aliphatic carbocycles. The molecule has 1 aromatic heterocycles. The van der Waals surface area contributed by atoms with Gasteiger partial charge in [-0.2, -0.15) is 0 Å². The first-order chi connectivity index (χ1) is 13.0. The van der Waals surface area contributed by atoms with Crippen LogP contribution in [0.5, 0.6) is 0 Å². The van der Waals surface area contributed by atoms with Crippen LogP contribution < -0.4 is 5.32 Å². The van der Waals surface area contributed by atoms with E-state index in [1.165, 1.54) is 47.4 Å². The van der Waals surface area contributed by atoms with E-state index in [9.17, 15) is 19.3 Å². The number of benzene rings is 2. The van der Waals surface area contributed by atoms with Crippen molar-refractivity contribution < 1.29 is 14.1 Å². The highest BCUT2D eigenvalue weighted by Crippen LogP contribution is 2.28. The highest BCUT2D eigenvalue weighted by molar-refractivity contribution is 8.00. The summed E-state index contributed by atoms with van der Waals surface area (Å²) in [4.78, 5) is 22.2. The van der Waals surface area contributed by atoms with Crippen LogP contribution in [-0.4, -0.2) is 21.0 Å². The molecule has 1 heterocycles. The van der Waals surface area contributed by atoms with E-state index in [0.29, 0.717) is 20.8 Å². The van der Waals surface area contributed by atoms with Gasteiger partial charge in [-0.3, -0.25) is 14.9 Å². The van der Waals surface area contributed by atoms with Crippen LogP contribution in [0, 0.1) is 15.9 Å². The standard InChI is InChI=1S/C17H13FN4O3S2/c18-13-5-1-12(2-6-13)10-26-17-21-20-16(27-17)19-15(23)9-11-3-7-14(8-4-11)22(24)25/h1-8H,9-10H2,(H,19,20,23). The van der Waals surface area contributed by atoms with Gasteiger partial charge in [-0.25, -0.2) is 4.39 Å². The van der Waals surface area contributed by atoms with Gasteiger partial charge >= 0.3 is 0 Å². The number of hydrogen-bond donors (Lipinski definition) is 1. The Morgan fingerprint density at radius 1 is 1.11 bits per heavy atom. The van der Waals surface area contributed by atoms with Crippen molar-refractivity contribution in [1.82, 2.24) is 10.2 Å². The summed E-state index contributed by atoms with van der Waals surface area (Å²) in [5.74, 6) is 0.0545. The maximum Gasteiger partial charge on any atom is 0.269 e. The van der Waals surface area contributed by atoms with Gasteiger partial charge in [0.1, 0.15) is 5.82 Å². The highest BCUT2D eigenvalue weighted by Gasteiger charge is 2.11. The fourth-order valence-electron chi connectivity index (χ4n) is 2.13. The van der Waals surface area contributed by atoms with Crippen LogP contribution in [0.15, 0.2) is 52.9 Å². The number of thioether (sulfide) groups is 1. The van der Waals surface area contributed by atoms with Crippen molar-refractivity contribution in [2.75, 3.05) is 5.32 Å². The number of nitrogens with zero attached hydrogens (tertiary/aromatic N) is 3. The van der Waals surface area contributed by atoms with E-state index < -0.39 is 4.92 Å². The Morgan fingerprint density at radius 2 is 1.78 bits per heavy atom. The van der Waals surface area contributed by atoms with Crippen molar-refractivity contribution in [2.45, 2.75) is 16.5 Å². The number of nitro benzene ring substituents is 1. The van der Waals surface area contributed by atoms with Gasteiger partial charge in [0.05, 0.1) is 11.3 Å². The predicted molar refractivity (Wildman–Crippen MR) is 101 cm³/mol. The lowest BCUT2D eigenvalue weighted by atomic mass is 10.1. The van der Waals surface area contributed by atoms with E-state index in [2.05, 4.69) is 15.5 Å². The Balaban J connectivity index is 1.51. The van der Waals surface area contributed by atoms with Crippen LogP contribution in [-0.2, 0) is 17.0 Å². The molecule has 0 aliphatic rings. The molecule has 0 saturated carbocycles. The summed E-state index contributed by atoms with van der Waals surface area (Å²) in [5, 5.41) is 21.6. The fraction of sp³-hybridized carbons (Fsp3) is 0.118. The van der Waals surface area contributed by atoms with E-state index in [1.807, 2.05) is 0 Å². The predicted octanol–water partition coefficient (Wildman–Crippen LogP) is 4.06. The molecule has 3 rings (SSSR count). The second-order valence-corrected chi connectivity index (χ2v) is 7.64. The monoisotopic (exact) mass is 404 g/mol. The number of rotatable bonds is 7. The number of carbonyl (C=O) groups is 1. The number of anilines is 1. The normalized spacial score (nSPS) is 10.6. The van der Waals surface area contributed by atoms with E-state index in [4.69, 9.17) is 0 Å². The molecular weight excluding hydrogens is 391 g/mol. The highest BCUT2D eigenvalue weighted by atomic mass is 32.2. The SMILES string of the molecule is O=C(Cc1ccc([N+](=O)[O-])cc1)Nc1nnc(SCc2ccc(F)cc2)s1. The zero-order chi connectivity index (χ0) is 19.2. The first-order valence-corrected chi connectivity index (χ1v) is 9.54. The maximum atomic E-state index is 12.9. The quantitative estimate of drug-likeness (QED) is 0.276. The van der Waals surface area contributed by atoms with E-state index in [-0.39, 0.29) is 23.8 Å². The molecule has 0 atom stereocenters. The van der Waals surface area contributed by atoms with Gasteiger partial charge in [0, 0.05) is 17.9 Å². The third-order valence-corrected chi connectivity index (χ3v) is 5.48. The molecule has 0 unspecified atom stereocenters. The van der Waals surface area contributed by atoms with Crippen molar-refractivity contribution >= 4 is 39.8 Å². The van der Waals surface area contributed by atoms with Crippen LogP contribution in [0.1, 0.15) is 11.1 Å². The molecule has 2 aromatic carbocycles. The van der Waals surface area contributed by atoms with E-state index in [1.54, 1.807) is 24.3 Å². The number of aromatic nitrogens is 2. The van der Waals surface area contributed by atoms with Gasteiger partial charge in [-0.1, -0.05) is 47.4 Å². The number of nitrogens with one attached hydrogen (secondary N) is 1. The van der Waals surface area contributed by atoms with Gasteiger partial charge in [-0.05, 0) is 23.3 Å². The third kappa shape index (κ3) is 5.56. The maximum absolute atomic E-state index is 12.9. The minimum atomic E-state index is -0.490. The summed E-state index contributed by atoms with van der Waals surface area (Å²) in [6, 6.07) is 12.0. The lowest BCUT2D eigenvalue weighted by Gasteiger charge is -2.01. The Bertz CT molecular complexity index is 946. The number of non-ortho nitro benzene ring substituents is 1. The van der Waals surface area contributed by atoms with E-state index in [0.717, 1.165) is 5.56 Å². The van der Waals surface area contributed by atoms with Gasteiger partial charge in [0.2, 0.25) is 11.0 Å². The molecule has 27 heavy (non-hydrogen) atoms. The molecule has 0 aliphatic heterocycles. The summed E-state index contributed by atoms with van der Waals surface area (Å²) in [7, 11) is 0. The van der Waals surface area contributed by atoms with Crippen molar-refractivity contribution in [3.8, 4) is 0 Å². The number of amides is 1. The van der Waals surface area contributed by atoms with Crippen LogP contribution in [0.3, 0.4) is 0 Å². The average molecular weight is 404 g/mol. The second kappa shape index (κ2) is 8.69. The summed E-state index contributed by atoms with van der Waals surface area (Å²) >= 11 is 2.69. The summed E-state index contributed by atoms with van der Waals surface area (Å²) in [6.45, 7) is 0. The van der Waals surface area contributed by atoms with Gasteiger partial charge < -0.3 is 5.32 Å². The van der Waals surface area contributed by atoms with Crippen LogP contribution in [0.4, 0.5) is 15.2 Å². The summed E-state index contributed by atoms with van der Waals surface area (Å²) in [5.41, 5.74) is 1.60. The molecular formula is C17H13FN4O3S2. The molecule has 0 saturated heterocycles. The number of nitro groups is 1. The van der Waals surface area contributed by atoms with Gasteiger partial charge in [0.25, 0.3) is 5.69 Å². The number of hydrogen-bond acceptors (Lipinski definition) is 7. The van der Waals surface area contributed by atoms with Crippen LogP contribution >= 0.6 is 23.1 Å². The molecule has 0 radical (unpaired) electrons. The summed E-state index contributed by atoms with van der Waals surface area (Å²) < 4.78 is 13.6. The first-order valence-electron chi connectivity index (χ1n) is 7.73. The Labute approximate surface area is 161 Å². The van der Waals surface area contributed by atoms with Crippen molar-refractivity contribution in [2.24, 2.45) is 0 Å².